The second-order valence-electron chi connectivity index (χ2n) is 4.47. The first-order chi connectivity index (χ1) is 10.9. The van der Waals surface area contributed by atoms with Gasteiger partial charge in [-0.1, -0.05) is 22.0 Å². The number of ether oxygens (including phenoxy) is 1. The van der Waals surface area contributed by atoms with Crippen LogP contribution < -0.4 is 4.74 Å². The molecule has 0 aromatic heterocycles. The van der Waals surface area contributed by atoms with Crippen molar-refractivity contribution in [3.05, 3.63) is 61.9 Å². The van der Waals surface area contributed by atoms with Crippen LogP contribution in [0.15, 0.2) is 61.2 Å². The minimum atomic E-state index is -3.86. The number of sulfone groups is 1. The summed E-state index contributed by atoms with van der Waals surface area (Å²) in [7, 11) is -2.33. The van der Waals surface area contributed by atoms with E-state index < -0.39 is 9.84 Å². The van der Waals surface area contributed by atoms with Crippen LogP contribution in [-0.2, 0) is 9.84 Å². The number of nitrogens with zero attached hydrogens (tertiary/aromatic N) is 1. The normalized spacial score (nSPS) is 11.8. The van der Waals surface area contributed by atoms with Crippen LogP contribution in [0.5, 0.6) is 5.75 Å². The summed E-state index contributed by atoms with van der Waals surface area (Å²) in [4.78, 5) is -0.252. The fourth-order valence-corrected chi connectivity index (χ4v) is 3.82. The van der Waals surface area contributed by atoms with Gasteiger partial charge in [-0.25, -0.2) is 8.42 Å². The predicted octanol–water partition coefficient (Wildman–Crippen LogP) is 4.56. The first-order valence-electron chi connectivity index (χ1n) is 6.34. The van der Waals surface area contributed by atoms with Crippen LogP contribution in [-0.4, -0.2) is 15.5 Å². The van der Waals surface area contributed by atoms with Gasteiger partial charge in [0.2, 0.25) is 9.84 Å². The second-order valence-corrected chi connectivity index (χ2v) is 8.16. The third-order valence-corrected chi connectivity index (χ3v) is 5.83. The minimum Gasteiger partial charge on any atom is -0.496 e. The van der Waals surface area contributed by atoms with Crippen molar-refractivity contribution in [1.29, 1.82) is 5.26 Å². The summed E-state index contributed by atoms with van der Waals surface area (Å²) in [6.45, 7) is 0. The van der Waals surface area contributed by atoms with Gasteiger partial charge in [0, 0.05) is 4.47 Å². The molecule has 0 bridgehead atoms. The van der Waals surface area contributed by atoms with E-state index in [1.54, 1.807) is 36.4 Å². The SMILES string of the molecule is COc1ccc(/C=C(\C#N)S(=O)(=O)c2ccc(Br)cc2)cc1Br. The van der Waals surface area contributed by atoms with Gasteiger partial charge in [-0.05, 0) is 64.0 Å². The Bertz CT molecular complexity index is 898. The van der Waals surface area contributed by atoms with Gasteiger partial charge in [-0.2, -0.15) is 5.26 Å². The maximum absolute atomic E-state index is 12.5. The molecule has 2 aromatic carbocycles. The number of hydrogen-bond acceptors (Lipinski definition) is 4. The molecule has 0 aliphatic heterocycles. The van der Waals surface area contributed by atoms with Crippen LogP contribution in [0.1, 0.15) is 5.56 Å². The van der Waals surface area contributed by atoms with Crippen molar-refractivity contribution in [3.63, 3.8) is 0 Å². The number of hydrogen-bond donors (Lipinski definition) is 0. The Balaban J connectivity index is 2.48. The fraction of sp³-hybridized carbons (Fsp3) is 0.0625. The van der Waals surface area contributed by atoms with Crippen molar-refractivity contribution < 1.29 is 13.2 Å². The van der Waals surface area contributed by atoms with E-state index in [1.807, 2.05) is 0 Å². The lowest BCUT2D eigenvalue weighted by Gasteiger charge is -2.05. The van der Waals surface area contributed by atoms with Gasteiger partial charge in [-0.15, -0.1) is 0 Å². The van der Waals surface area contributed by atoms with Crippen molar-refractivity contribution in [2.75, 3.05) is 7.11 Å². The molecule has 0 saturated carbocycles. The van der Waals surface area contributed by atoms with E-state index in [0.29, 0.717) is 15.8 Å². The molecular weight excluding hydrogens is 446 g/mol. The number of nitriles is 1. The maximum Gasteiger partial charge on any atom is 0.216 e. The summed E-state index contributed by atoms with van der Waals surface area (Å²) in [6.07, 6.45) is 1.33. The van der Waals surface area contributed by atoms with E-state index in [2.05, 4.69) is 31.9 Å². The lowest BCUT2D eigenvalue weighted by molar-refractivity contribution is 0.412. The number of rotatable bonds is 4. The molecule has 4 nitrogen and oxygen atoms in total. The summed E-state index contributed by atoms with van der Waals surface area (Å²) >= 11 is 6.58. The zero-order chi connectivity index (χ0) is 17.0. The van der Waals surface area contributed by atoms with Crippen LogP contribution in [0.2, 0.25) is 0 Å². The average Bonchev–Trinajstić information content (AvgIpc) is 2.53. The molecule has 118 valence electrons. The quantitative estimate of drug-likeness (QED) is 0.632. The van der Waals surface area contributed by atoms with Gasteiger partial charge in [0.1, 0.15) is 16.7 Å². The molecule has 0 amide bonds. The first kappa shape index (κ1) is 17.7. The van der Waals surface area contributed by atoms with Crippen molar-refractivity contribution in [3.8, 4) is 11.8 Å². The van der Waals surface area contributed by atoms with Gasteiger partial charge in [0.05, 0.1) is 16.5 Å². The summed E-state index contributed by atoms with van der Waals surface area (Å²) in [5, 5.41) is 9.27. The molecule has 2 rings (SSSR count). The molecule has 0 radical (unpaired) electrons. The molecule has 0 fully saturated rings. The van der Waals surface area contributed by atoms with Gasteiger partial charge in [-0.3, -0.25) is 0 Å². The molecule has 0 N–H and O–H groups in total. The van der Waals surface area contributed by atoms with Crippen molar-refractivity contribution >= 4 is 47.8 Å². The highest BCUT2D eigenvalue weighted by Gasteiger charge is 2.20. The third-order valence-electron chi connectivity index (χ3n) is 3.00. The van der Waals surface area contributed by atoms with Crippen LogP contribution >= 0.6 is 31.9 Å². The summed E-state index contributed by atoms with van der Waals surface area (Å²) < 4.78 is 31.6. The largest absolute Gasteiger partial charge is 0.496 e. The summed E-state index contributed by atoms with van der Waals surface area (Å²) in [5.74, 6) is 0.622. The molecular formula is C16H11Br2NO3S. The zero-order valence-corrected chi connectivity index (χ0v) is 15.9. The Kier molecular flexibility index (Phi) is 5.63. The van der Waals surface area contributed by atoms with Crippen molar-refractivity contribution in [2.24, 2.45) is 0 Å². The highest BCUT2D eigenvalue weighted by Crippen LogP contribution is 2.28. The Hall–Kier alpha value is -1.62. The highest BCUT2D eigenvalue weighted by atomic mass is 79.9. The Labute approximate surface area is 151 Å². The number of methoxy groups -OCH3 is 1. The van der Waals surface area contributed by atoms with E-state index in [4.69, 9.17) is 4.74 Å². The van der Waals surface area contributed by atoms with E-state index >= 15 is 0 Å². The average molecular weight is 457 g/mol. The maximum atomic E-state index is 12.5. The van der Waals surface area contributed by atoms with Gasteiger partial charge >= 0.3 is 0 Å². The summed E-state index contributed by atoms with van der Waals surface area (Å²) in [6, 6.07) is 13.0. The summed E-state index contributed by atoms with van der Waals surface area (Å²) in [5.41, 5.74) is 0.579. The fourth-order valence-electron chi connectivity index (χ4n) is 1.83. The highest BCUT2D eigenvalue weighted by molar-refractivity contribution is 9.10. The lowest BCUT2D eigenvalue weighted by atomic mass is 10.2. The molecule has 7 heteroatoms. The molecule has 23 heavy (non-hydrogen) atoms. The smallest absolute Gasteiger partial charge is 0.216 e. The third kappa shape index (κ3) is 4.02. The molecule has 0 unspecified atom stereocenters. The zero-order valence-electron chi connectivity index (χ0n) is 12.0. The van der Waals surface area contributed by atoms with Gasteiger partial charge in [0.15, 0.2) is 0 Å². The van der Waals surface area contributed by atoms with E-state index in [9.17, 15) is 13.7 Å². The van der Waals surface area contributed by atoms with E-state index in [-0.39, 0.29) is 9.80 Å². The Morgan fingerprint density at radius 2 is 1.83 bits per heavy atom. The number of halogens is 2. The lowest BCUT2D eigenvalue weighted by Crippen LogP contribution is -2.03. The van der Waals surface area contributed by atoms with E-state index in [0.717, 1.165) is 4.47 Å². The molecule has 0 atom stereocenters. The van der Waals surface area contributed by atoms with Crippen molar-refractivity contribution in [2.45, 2.75) is 4.90 Å². The second kappa shape index (κ2) is 7.30. The molecule has 0 spiro atoms. The van der Waals surface area contributed by atoms with Crippen molar-refractivity contribution in [1.82, 2.24) is 0 Å². The monoisotopic (exact) mass is 455 g/mol. The predicted molar refractivity (Wildman–Crippen MR) is 95.6 cm³/mol. The molecule has 0 saturated heterocycles. The van der Waals surface area contributed by atoms with Gasteiger partial charge < -0.3 is 4.74 Å². The Morgan fingerprint density at radius 1 is 1.17 bits per heavy atom. The minimum absolute atomic E-state index is 0.0704. The number of allylic oxidation sites excluding steroid dienone is 1. The molecule has 0 aliphatic rings. The van der Waals surface area contributed by atoms with Crippen LogP contribution in [0, 0.1) is 11.3 Å². The van der Waals surface area contributed by atoms with E-state index in [1.165, 1.54) is 25.3 Å². The first-order valence-corrected chi connectivity index (χ1v) is 9.41. The van der Waals surface area contributed by atoms with Gasteiger partial charge in [0.25, 0.3) is 0 Å². The topological polar surface area (TPSA) is 67.2 Å². The Morgan fingerprint density at radius 3 is 2.35 bits per heavy atom. The van der Waals surface area contributed by atoms with Crippen LogP contribution in [0.4, 0.5) is 0 Å². The molecule has 0 aliphatic carbocycles. The standard InChI is InChI=1S/C16H11Br2NO3S/c1-22-16-7-2-11(9-15(16)18)8-14(10-19)23(20,21)13-5-3-12(17)4-6-13/h2-9H,1H3/b14-8+. The van der Waals surface area contributed by atoms with Crippen LogP contribution in [0.25, 0.3) is 6.08 Å². The number of benzene rings is 2. The molecule has 2 aromatic rings. The van der Waals surface area contributed by atoms with Crippen LogP contribution in [0.3, 0.4) is 0 Å². The molecule has 0 heterocycles.